The van der Waals surface area contributed by atoms with Gasteiger partial charge in [-0.25, -0.2) is 0 Å². The standard InChI is InChI=1S/C39H44N3O2PS/c1-30-12-16-35(17-13-30)40-45(46,36-18-14-33(28-31-8-4-2-5-9-31)38(36)41-20-24-43-25-21-41)37-19-15-34(29-32-10-6-3-7-11-32)39(37)42-22-26-44-27-23-42/h2-13,16-17,28-29H,14-15,18-27H2,1H3,(H,40,46)/b33-28-,34-29-. The zero-order chi connectivity index (χ0) is 31.3. The minimum atomic E-state index is -2.49. The zero-order valence-corrected chi connectivity index (χ0v) is 28.5. The molecule has 4 aliphatic rings. The largest absolute Gasteiger partial charge is 0.378 e. The number of morpholine rings is 2. The predicted molar refractivity (Wildman–Crippen MR) is 195 cm³/mol. The Balaban J connectivity index is 1.44. The van der Waals surface area contributed by atoms with Crippen LogP contribution >= 0.6 is 6.19 Å². The summed E-state index contributed by atoms with van der Waals surface area (Å²) in [7, 11) is 0. The first-order valence-electron chi connectivity index (χ1n) is 16.7. The molecule has 3 aromatic carbocycles. The molecule has 238 valence electrons. The van der Waals surface area contributed by atoms with Crippen molar-refractivity contribution in [2.45, 2.75) is 32.6 Å². The van der Waals surface area contributed by atoms with Gasteiger partial charge >= 0.3 is 0 Å². The molecule has 1 N–H and O–H groups in total. The molecule has 0 radical (unpaired) electrons. The molecule has 2 saturated heterocycles. The molecule has 46 heavy (non-hydrogen) atoms. The number of allylic oxidation sites excluding steroid dienone is 4. The summed E-state index contributed by atoms with van der Waals surface area (Å²) in [5, 5.41) is 6.96. The van der Waals surface area contributed by atoms with Gasteiger partial charge in [-0.05, 0) is 79.2 Å². The molecule has 3 aromatic rings. The lowest BCUT2D eigenvalue weighted by molar-refractivity contribution is 0.0548. The van der Waals surface area contributed by atoms with Crippen LogP contribution in [0.3, 0.4) is 0 Å². The van der Waals surface area contributed by atoms with Crippen LogP contribution in [0.15, 0.2) is 118 Å². The normalized spacial score (nSPS) is 21.2. The fourth-order valence-corrected chi connectivity index (χ4v) is 11.7. The van der Waals surface area contributed by atoms with Gasteiger partial charge in [0, 0.05) is 53.9 Å². The first-order valence-corrected chi connectivity index (χ1v) is 19.5. The maximum Gasteiger partial charge on any atom is 0.0866 e. The Labute approximate surface area is 279 Å². The van der Waals surface area contributed by atoms with E-state index < -0.39 is 6.19 Å². The summed E-state index contributed by atoms with van der Waals surface area (Å²) in [4.78, 5) is 5.15. The number of anilines is 1. The van der Waals surface area contributed by atoms with E-state index in [0.29, 0.717) is 0 Å². The molecule has 7 rings (SSSR count). The molecule has 0 spiro atoms. The van der Waals surface area contributed by atoms with Crippen LogP contribution in [0.5, 0.6) is 0 Å². The summed E-state index contributed by atoms with van der Waals surface area (Å²) in [6.45, 7) is 8.68. The molecule has 0 aromatic heterocycles. The van der Waals surface area contributed by atoms with Crippen LogP contribution in [-0.2, 0) is 21.3 Å². The van der Waals surface area contributed by atoms with Crippen LogP contribution in [0.25, 0.3) is 12.2 Å². The Hall–Kier alpha value is -3.41. The van der Waals surface area contributed by atoms with Crippen molar-refractivity contribution in [2.75, 3.05) is 57.7 Å². The topological polar surface area (TPSA) is 37.0 Å². The smallest absolute Gasteiger partial charge is 0.0866 e. The van der Waals surface area contributed by atoms with E-state index in [1.165, 1.54) is 49.9 Å². The van der Waals surface area contributed by atoms with E-state index in [1.807, 2.05) is 0 Å². The van der Waals surface area contributed by atoms with Crippen molar-refractivity contribution in [1.29, 1.82) is 0 Å². The van der Waals surface area contributed by atoms with Crippen LogP contribution in [0.1, 0.15) is 42.4 Å². The fourth-order valence-electron chi connectivity index (χ4n) is 7.20. The number of rotatable bonds is 8. The van der Waals surface area contributed by atoms with Crippen molar-refractivity contribution in [3.05, 3.63) is 135 Å². The summed E-state index contributed by atoms with van der Waals surface area (Å²) in [6.07, 6.45) is 6.25. The number of nitrogens with zero attached hydrogens (tertiary/aromatic N) is 2. The molecule has 0 unspecified atom stereocenters. The lowest BCUT2D eigenvalue weighted by Crippen LogP contribution is -2.36. The van der Waals surface area contributed by atoms with Crippen molar-refractivity contribution in [3.63, 3.8) is 0 Å². The number of nitrogens with one attached hydrogen (secondary N) is 1. The maximum absolute atomic E-state index is 7.18. The van der Waals surface area contributed by atoms with E-state index in [2.05, 4.69) is 119 Å². The quantitative estimate of drug-likeness (QED) is 0.246. The third-order valence-corrected chi connectivity index (χ3v) is 14.0. The van der Waals surface area contributed by atoms with Crippen molar-refractivity contribution in [1.82, 2.24) is 9.80 Å². The van der Waals surface area contributed by atoms with E-state index >= 15 is 0 Å². The monoisotopic (exact) mass is 649 g/mol. The zero-order valence-electron chi connectivity index (χ0n) is 26.8. The Bertz CT molecular complexity index is 1600. The highest BCUT2D eigenvalue weighted by Gasteiger charge is 2.41. The summed E-state index contributed by atoms with van der Waals surface area (Å²) in [6, 6.07) is 30.3. The van der Waals surface area contributed by atoms with Gasteiger partial charge in [0.2, 0.25) is 0 Å². The minimum Gasteiger partial charge on any atom is -0.378 e. The predicted octanol–water partition coefficient (Wildman–Crippen LogP) is 8.64. The van der Waals surface area contributed by atoms with Gasteiger partial charge in [-0.3, -0.25) is 0 Å². The number of hydrogen-bond acceptors (Lipinski definition) is 5. The molecule has 2 aliphatic carbocycles. The number of hydrogen-bond donors (Lipinski definition) is 1. The minimum absolute atomic E-state index is 0.745. The second kappa shape index (κ2) is 14.1. The lowest BCUT2D eigenvalue weighted by Gasteiger charge is -2.37. The molecule has 0 bridgehead atoms. The third kappa shape index (κ3) is 6.68. The van der Waals surface area contributed by atoms with Crippen LogP contribution in [0, 0.1) is 6.92 Å². The maximum atomic E-state index is 7.18. The second-order valence-electron chi connectivity index (χ2n) is 12.5. The van der Waals surface area contributed by atoms with E-state index in [4.69, 9.17) is 21.3 Å². The first-order chi connectivity index (χ1) is 22.6. The van der Waals surface area contributed by atoms with Gasteiger partial charge in [0.05, 0.1) is 32.6 Å². The highest BCUT2D eigenvalue weighted by atomic mass is 32.4. The van der Waals surface area contributed by atoms with Gasteiger partial charge in [0.1, 0.15) is 0 Å². The Kier molecular flexibility index (Phi) is 9.60. The Morgan fingerprint density at radius 1 is 0.609 bits per heavy atom. The van der Waals surface area contributed by atoms with Gasteiger partial charge in [-0.1, -0.05) is 90.2 Å². The summed E-state index contributed by atoms with van der Waals surface area (Å²) < 4.78 is 11.7. The van der Waals surface area contributed by atoms with E-state index in [0.717, 1.165) is 84.0 Å². The number of benzene rings is 3. The number of aryl methyl sites for hydroxylation is 1. The molecule has 2 fully saturated rings. The molecule has 5 nitrogen and oxygen atoms in total. The molecule has 0 amide bonds. The highest BCUT2D eigenvalue weighted by Crippen LogP contribution is 2.69. The van der Waals surface area contributed by atoms with E-state index in [9.17, 15) is 0 Å². The van der Waals surface area contributed by atoms with Gasteiger partial charge in [-0.15, -0.1) is 0 Å². The van der Waals surface area contributed by atoms with Crippen molar-refractivity contribution in [3.8, 4) is 0 Å². The van der Waals surface area contributed by atoms with Gasteiger partial charge in [-0.2, -0.15) is 0 Å². The average molecular weight is 650 g/mol. The fraction of sp³-hybridized carbons (Fsp3) is 0.333. The third-order valence-electron chi connectivity index (χ3n) is 9.45. The average Bonchev–Trinajstić information content (AvgIpc) is 3.73. The highest BCUT2D eigenvalue weighted by molar-refractivity contribution is 8.19. The second-order valence-corrected chi connectivity index (χ2v) is 16.7. The summed E-state index contributed by atoms with van der Waals surface area (Å²) >= 11 is 7.18. The first kappa shape index (κ1) is 31.2. The van der Waals surface area contributed by atoms with Crippen LogP contribution in [-0.4, -0.2) is 62.4 Å². The van der Waals surface area contributed by atoms with E-state index in [-0.39, 0.29) is 0 Å². The Morgan fingerprint density at radius 3 is 1.48 bits per heavy atom. The molecule has 0 atom stereocenters. The van der Waals surface area contributed by atoms with E-state index in [1.54, 1.807) is 0 Å². The van der Waals surface area contributed by atoms with Crippen LogP contribution < -0.4 is 5.09 Å². The van der Waals surface area contributed by atoms with Crippen LogP contribution in [0.2, 0.25) is 0 Å². The molecule has 0 saturated carbocycles. The van der Waals surface area contributed by atoms with Crippen LogP contribution in [0.4, 0.5) is 5.69 Å². The molecule has 2 aliphatic heterocycles. The van der Waals surface area contributed by atoms with Gasteiger partial charge < -0.3 is 24.4 Å². The van der Waals surface area contributed by atoms with Gasteiger partial charge in [0.15, 0.2) is 0 Å². The summed E-state index contributed by atoms with van der Waals surface area (Å²) in [5.41, 5.74) is 10.4. The molecule has 2 heterocycles. The lowest BCUT2D eigenvalue weighted by atomic mass is 10.1. The molecular formula is C39H44N3O2PS. The van der Waals surface area contributed by atoms with Crippen molar-refractivity contribution >= 4 is 35.8 Å². The van der Waals surface area contributed by atoms with Crippen molar-refractivity contribution in [2.24, 2.45) is 0 Å². The molecular weight excluding hydrogens is 605 g/mol. The van der Waals surface area contributed by atoms with Crippen molar-refractivity contribution < 1.29 is 9.47 Å². The molecule has 7 heteroatoms. The Morgan fingerprint density at radius 2 is 1.04 bits per heavy atom. The SMILES string of the molecule is Cc1ccc(NP(=S)(C2=C(N3CCOCC3)/C(=C\c3ccccc3)CC2)C2=C(N3CCOCC3)/C(=C\c3ccccc3)CC2)cc1. The number of ether oxygens (including phenoxy) is 2. The van der Waals surface area contributed by atoms with Gasteiger partial charge in [0.25, 0.3) is 0 Å². The summed E-state index contributed by atoms with van der Waals surface area (Å²) in [5.74, 6) is 0.